The van der Waals surface area contributed by atoms with E-state index in [4.69, 9.17) is 20.8 Å². The lowest BCUT2D eigenvalue weighted by atomic mass is 10.0. The summed E-state index contributed by atoms with van der Waals surface area (Å²) in [6.45, 7) is -0.507. The van der Waals surface area contributed by atoms with Gasteiger partial charge in [0.2, 0.25) is 0 Å². The Hall–Kier alpha value is -0.730. The summed E-state index contributed by atoms with van der Waals surface area (Å²) in [5, 5.41) is 39.5. The Kier molecular flexibility index (Phi) is 3.17. The summed E-state index contributed by atoms with van der Waals surface area (Å²) < 4.78 is 4.71. The zero-order chi connectivity index (χ0) is 10.0. The Morgan fingerprint density at radius 3 is 2.46 bits per heavy atom. The SMILES string of the molecule is N/N=C1\C(O)OC(CO)C(O)C1O. The molecule has 1 aliphatic heterocycles. The van der Waals surface area contributed by atoms with E-state index < -0.39 is 31.2 Å². The molecule has 1 rings (SSSR count). The smallest absolute Gasteiger partial charge is 0.199 e. The number of nitrogens with two attached hydrogens (primary N) is 1. The first-order chi connectivity index (χ1) is 6.11. The first-order valence-corrected chi connectivity index (χ1v) is 3.70. The van der Waals surface area contributed by atoms with Crippen LogP contribution in [0.25, 0.3) is 0 Å². The molecule has 4 unspecified atom stereocenters. The van der Waals surface area contributed by atoms with Crippen molar-refractivity contribution < 1.29 is 25.2 Å². The Balaban J connectivity index is 2.79. The van der Waals surface area contributed by atoms with Crippen LogP contribution < -0.4 is 5.84 Å². The van der Waals surface area contributed by atoms with E-state index in [1.54, 1.807) is 0 Å². The van der Waals surface area contributed by atoms with Gasteiger partial charge in [-0.1, -0.05) is 0 Å². The Morgan fingerprint density at radius 2 is 2.00 bits per heavy atom. The largest absolute Gasteiger partial charge is 0.394 e. The Bertz CT molecular complexity index is 209. The maximum Gasteiger partial charge on any atom is 0.199 e. The number of hydrogen-bond acceptors (Lipinski definition) is 7. The first kappa shape index (κ1) is 10.4. The van der Waals surface area contributed by atoms with Gasteiger partial charge in [-0.15, -0.1) is 0 Å². The molecule has 0 radical (unpaired) electrons. The van der Waals surface area contributed by atoms with Gasteiger partial charge in [0.15, 0.2) is 6.29 Å². The van der Waals surface area contributed by atoms with Gasteiger partial charge in [-0.05, 0) is 0 Å². The highest BCUT2D eigenvalue weighted by Crippen LogP contribution is 2.16. The maximum absolute atomic E-state index is 9.30. The van der Waals surface area contributed by atoms with Crippen molar-refractivity contribution in [3.8, 4) is 0 Å². The fourth-order valence-corrected chi connectivity index (χ4v) is 1.13. The molecule has 1 fully saturated rings. The van der Waals surface area contributed by atoms with Crippen LogP contribution in [-0.2, 0) is 4.74 Å². The lowest BCUT2D eigenvalue weighted by Gasteiger charge is -2.34. The van der Waals surface area contributed by atoms with Crippen LogP contribution >= 0.6 is 0 Å². The van der Waals surface area contributed by atoms with Crippen LogP contribution in [0.4, 0.5) is 0 Å². The van der Waals surface area contributed by atoms with Crippen LogP contribution in [0.5, 0.6) is 0 Å². The van der Waals surface area contributed by atoms with Crippen molar-refractivity contribution in [1.29, 1.82) is 0 Å². The van der Waals surface area contributed by atoms with Gasteiger partial charge in [-0.25, -0.2) is 0 Å². The van der Waals surface area contributed by atoms with Crippen molar-refractivity contribution in [3.63, 3.8) is 0 Å². The number of aliphatic hydroxyl groups excluding tert-OH is 4. The van der Waals surface area contributed by atoms with Crippen molar-refractivity contribution >= 4 is 5.71 Å². The molecule has 76 valence electrons. The third kappa shape index (κ3) is 1.79. The molecule has 0 aromatic carbocycles. The first-order valence-electron chi connectivity index (χ1n) is 3.70. The molecule has 0 aromatic rings. The minimum atomic E-state index is -1.49. The molecule has 1 saturated heterocycles. The number of rotatable bonds is 1. The van der Waals surface area contributed by atoms with E-state index in [9.17, 15) is 10.2 Å². The van der Waals surface area contributed by atoms with Crippen molar-refractivity contribution in [3.05, 3.63) is 0 Å². The van der Waals surface area contributed by atoms with Crippen molar-refractivity contribution in [2.24, 2.45) is 10.9 Å². The van der Waals surface area contributed by atoms with E-state index >= 15 is 0 Å². The van der Waals surface area contributed by atoms with Crippen molar-refractivity contribution in [2.75, 3.05) is 6.61 Å². The molecule has 0 bridgehead atoms. The highest BCUT2D eigenvalue weighted by molar-refractivity contribution is 5.92. The average molecular weight is 192 g/mol. The van der Waals surface area contributed by atoms with Crippen molar-refractivity contribution in [2.45, 2.75) is 24.6 Å². The highest BCUT2D eigenvalue weighted by atomic mass is 16.6. The van der Waals surface area contributed by atoms with Crippen LogP contribution in [0, 0.1) is 0 Å². The van der Waals surface area contributed by atoms with Crippen LogP contribution in [0.2, 0.25) is 0 Å². The van der Waals surface area contributed by atoms with Gasteiger partial charge in [0, 0.05) is 0 Å². The molecule has 7 heteroatoms. The summed E-state index contributed by atoms with van der Waals surface area (Å²) in [5.74, 6) is 4.85. The molecule has 13 heavy (non-hydrogen) atoms. The number of nitrogens with zero attached hydrogens (tertiary/aromatic N) is 1. The van der Waals surface area contributed by atoms with Gasteiger partial charge in [0.25, 0.3) is 0 Å². The normalized spacial score (nSPS) is 43.8. The standard InChI is InChI=1S/C6H12N2O5/c7-8-3-5(11)4(10)2(1-9)13-6(3)12/h2,4-6,9-12H,1,7H2/b8-3-. The fraction of sp³-hybridized carbons (Fsp3) is 0.833. The van der Waals surface area contributed by atoms with Gasteiger partial charge in [0.05, 0.1) is 6.61 Å². The summed E-state index contributed by atoms with van der Waals surface area (Å²) in [4.78, 5) is 0. The van der Waals surface area contributed by atoms with E-state index in [-0.39, 0.29) is 5.71 Å². The number of hydrogen-bond donors (Lipinski definition) is 5. The maximum atomic E-state index is 9.30. The minimum absolute atomic E-state index is 0.253. The second kappa shape index (κ2) is 3.99. The molecule has 0 aromatic heterocycles. The highest BCUT2D eigenvalue weighted by Gasteiger charge is 2.40. The van der Waals surface area contributed by atoms with Crippen LogP contribution in [0.3, 0.4) is 0 Å². The summed E-state index contributed by atoms with van der Waals surface area (Å²) in [6.07, 6.45) is -5.27. The predicted molar refractivity (Wildman–Crippen MR) is 41.6 cm³/mol. The predicted octanol–water partition coefficient (Wildman–Crippen LogP) is -3.27. The second-order valence-electron chi connectivity index (χ2n) is 2.70. The molecule has 7 nitrogen and oxygen atoms in total. The number of ether oxygens (including phenoxy) is 1. The number of aliphatic hydroxyl groups is 4. The summed E-state index contributed by atoms with van der Waals surface area (Å²) in [5.41, 5.74) is -0.253. The average Bonchev–Trinajstić information content (AvgIpc) is 2.12. The third-order valence-corrected chi connectivity index (χ3v) is 1.89. The fourth-order valence-electron chi connectivity index (χ4n) is 1.13. The van der Waals surface area contributed by atoms with Gasteiger partial charge >= 0.3 is 0 Å². The number of hydrazone groups is 1. The van der Waals surface area contributed by atoms with E-state index in [0.717, 1.165) is 0 Å². The molecular weight excluding hydrogens is 180 g/mol. The molecule has 1 heterocycles. The summed E-state index contributed by atoms with van der Waals surface area (Å²) in [7, 11) is 0. The monoisotopic (exact) mass is 192 g/mol. The molecule has 0 amide bonds. The molecule has 4 atom stereocenters. The lowest BCUT2D eigenvalue weighted by molar-refractivity contribution is -0.181. The van der Waals surface area contributed by atoms with E-state index in [0.29, 0.717) is 0 Å². The van der Waals surface area contributed by atoms with Crippen LogP contribution in [0.1, 0.15) is 0 Å². The Morgan fingerprint density at radius 1 is 1.38 bits per heavy atom. The van der Waals surface area contributed by atoms with Crippen LogP contribution in [-0.4, -0.2) is 57.3 Å². The van der Waals surface area contributed by atoms with Gasteiger partial charge < -0.3 is 31.0 Å². The molecule has 0 spiro atoms. The topological polar surface area (TPSA) is 129 Å². The summed E-state index contributed by atoms with van der Waals surface area (Å²) >= 11 is 0. The minimum Gasteiger partial charge on any atom is -0.394 e. The quantitative estimate of drug-likeness (QED) is 0.219. The van der Waals surface area contributed by atoms with E-state index in [1.165, 1.54) is 0 Å². The zero-order valence-corrected chi connectivity index (χ0v) is 6.74. The molecule has 1 aliphatic rings. The Labute approximate surface area is 74.1 Å². The van der Waals surface area contributed by atoms with Crippen LogP contribution in [0.15, 0.2) is 5.10 Å². The second-order valence-corrected chi connectivity index (χ2v) is 2.70. The molecule has 0 aliphatic carbocycles. The van der Waals surface area contributed by atoms with Gasteiger partial charge in [-0.3, -0.25) is 0 Å². The van der Waals surface area contributed by atoms with Gasteiger partial charge in [0.1, 0.15) is 24.0 Å². The summed E-state index contributed by atoms with van der Waals surface area (Å²) in [6, 6.07) is 0. The van der Waals surface area contributed by atoms with E-state index in [1.807, 2.05) is 0 Å². The van der Waals surface area contributed by atoms with Crippen molar-refractivity contribution in [1.82, 2.24) is 0 Å². The lowest BCUT2D eigenvalue weighted by Crippen LogP contribution is -2.56. The molecule has 0 saturated carbocycles. The zero-order valence-electron chi connectivity index (χ0n) is 6.74. The third-order valence-electron chi connectivity index (χ3n) is 1.89. The molecular formula is C6H12N2O5. The van der Waals surface area contributed by atoms with E-state index in [2.05, 4.69) is 5.10 Å². The van der Waals surface area contributed by atoms with Gasteiger partial charge in [-0.2, -0.15) is 5.10 Å². The molecule has 6 N–H and O–H groups in total.